The minimum absolute atomic E-state index is 0.0624. The zero-order valence-electron chi connectivity index (χ0n) is 10.4. The second kappa shape index (κ2) is 5.29. The first kappa shape index (κ1) is 13.4. The zero-order valence-corrected chi connectivity index (χ0v) is 11.1. The zero-order chi connectivity index (χ0) is 14.0. The van der Waals surface area contributed by atoms with Gasteiger partial charge in [0.05, 0.1) is 6.07 Å². The number of hydrogen-bond donors (Lipinski definition) is 0. The molecular weight excluding hydrogens is 266 g/mol. The van der Waals surface area contributed by atoms with E-state index in [1.54, 1.807) is 18.2 Å². The van der Waals surface area contributed by atoms with Crippen molar-refractivity contribution in [3.63, 3.8) is 0 Å². The summed E-state index contributed by atoms with van der Waals surface area (Å²) in [5, 5.41) is 9.14. The van der Waals surface area contributed by atoms with Gasteiger partial charge < -0.3 is 9.80 Å². The molecule has 0 saturated carbocycles. The number of anilines is 1. The molecule has 19 heavy (non-hydrogen) atoms. The number of nitrogens with zero attached hydrogens (tertiary/aromatic N) is 3. The largest absolute Gasteiger partial charge is 0.319 e. The van der Waals surface area contributed by atoms with E-state index in [0.29, 0.717) is 23.8 Å². The molecular formula is C13H12ClN3O2. The first-order chi connectivity index (χ1) is 9.04. The molecule has 1 aliphatic rings. The van der Waals surface area contributed by atoms with Gasteiger partial charge in [-0.3, -0.25) is 9.59 Å². The van der Waals surface area contributed by atoms with Crippen molar-refractivity contribution >= 4 is 29.1 Å². The Hall–Kier alpha value is -2.06. The molecule has 0 aliphatic carbocycles. The highest BCUT2D eigenvalue weighted by molar-refractivity contribution is 6.41. The molecule has 2 amide bonds. The minimum atomic E-state index is -0.649. The van der Waals surface area contributed by atoms with E-state index in [2.05, 4.69) is 0 Å². The number of rotatable bonds is 2. The third kappa shape index (κ3) is 2.54. The van der Waals surface area contributed by atoms with Crippen LogP contribution in [-0.2, 0) is 9.59 Å². The fourth-order valence-corrected chi connectivity index (χ4v) is 2.08. The highest BCUT2D eigenvalue weighted by atomic mass is 35.5. The van der Waals surface area contributed by atoms with Gasteiger partial charge >= 0.3 is 11.8 Å². The van der Waals surface area contributed by atoms with E-state index in [9.17, 15) is 9.59 Å². The standard InChI is InChI=1S/C13H12ClN3O2/c1-9-2-3-10(8-11(9)14)17-7-6-16(5-4-15)12(18)13(17)19/h2-3,8H,5-7H2,1H3. The summed E-state index contributed by atoms with van der Waals surface area (Å²) >= 11 is 6.02. The molecule has 0 spiro atoms. The highest BCUT2D eigenvalue weighted by Crippen LogP contribution is 2.24. The number of carbonyl (C=O) groups excluding carboxylic acids is 2. The maximum Gasteiger partial charge on any atom is 0.316 e. The number of amides is 2. The van der Waals surface area contributed by atoms with Gasteiger partial charge in [0, 0.05) is 23.8 Å². The minimum Gasteiger partial charge on any atom is -0.319 e. The summed E-state index contributed by atoms with van der Waals surface area (Å²) in [6, 6.07) is 7.10. The molecule has 1 heterocycles. The van der Waals surface area contributed by atoms with Gasteiger partial charge in [-0.15, -0.1) is 0 Å². The molecule has 0 unspecified atom stereocenters. The lowest BCUT2D eigenvalue weighted by Gasteiger charge is -2.32. The van der Waals surface area contributed by atoms with Gasteiger partial charge in [0.2, 0.25) is 0 Å². The number of halogens is 1. The van der Waals surface area contributed by atoms with E-state index in [1.807, 2.05) is 13.0 Å². The van der Waals surface area contributed by atoms with Crippen LogP contribution in [-0.4, -0.2) is 36.3 Å². The van der Waals surface area contributed by atoms with E-state index in [-0.39, 0.29) is 6.54 Å². The number of hydrogen-bond acceptors (Lipinski definition) is 3. The second-order valence-corrected chi connectivity index (χ2v) is 4.68. The van der Waals surface area contributed by atoms with Crippen molar-refractivity contribution in [2.45, 2.75) is 6.92 Å². The fourth-order valence-electron chi connectivity index (χ4n) is 1.91. The van der Waals surface area contributed by atoms with E-state index in [4.69, 9.17) is 16.9 Å². The Morgan fingerprint density at radius 3 is 2.68 bits per heavy atom. The maximum atomic E-state index is 12.0. The van der Waals surface area contributed by atoms with Crippen molar-refractivity contribution in [2.75, 3.05) is 24.5 Å². The number of benzene rings is 1. The van der Waals surface area contributed by atoms with Crippen LogP contribution in [0.3, 0.4) is 0 Å². The van der Waals surface area contributed by atoms with Gasteiger partial charge in [0.1, 0.15) is 6.54 Å². The lowest BCUT2D eigenvalue weighted by atomic mass is 10.2. The van der Waals surface area contributed by atoms with Crippen molar-refractivity contribution in [3.05, 3.63) is 28.8 Å². The monoisotopic (exact) mass is 277 g/mol. The molecule has 1 fully saturated rings. The Morgan fingerprint density at radius 1 is 1.32 bits per heavy atom. The average Bonchev–Trinajstić information content (AvgIpc) is 2.39. The number of aryl methyl sites for hydroxylation is 1. The Bertz CT molecular complexity index is 580. The predicted molar refractivity (Wildman–Crippen MR) is 70.7 cm³/mol. The summed E-state index contributed by atoms with van der Waals surface area (Å²) in [4.78, 5) is 26.4. The van der Waals surface area contributed by atoms with Crippen molar-refractivity contribution < 1.29 is 9.59 Å². The van der Waals surface area contributed by atoms with Gasteiger partial charge in [-0.1, -0.05) is 17.7 Å². The molecule has 5 nitrogen and oxygen atoms in total. The third-order valence-electron chi connectivity index (χ3n) is 3.04. The van der Waals surface area contributed by atoms with Crippen LogP contribution in [0.2, 0.25) is 5.02 Å². The molecule has 0 N–H and O–H groups in total. The average molecular weight is 278 g/mol. The Kier molecular flexibility index (Phi) is 3.72. The third-order valence-corrected chi connectivity index (χ3v) is 3.44. The topological polar surface area (TPSA) is 64.4 Å². The van der Waals surface area contributed by atoms with Gasteiger partial charge in [-0.2, -0.15) is 5.26 Å². The van der Waals surface area contributed by atoms with Crippen LogP contribution >= 0.6 is 11.6 Å². The van der Waals surface area contributed by atoms with E-state index >= 15 is 0 Å². The van der Waals surface area contributed by atoms with Crippen LogP contribution < -0.4 is 4.90 Å². The second-order valence-electron chi connectivity index (χ2n) is 4.28. The van der Waals surface area contributed by atoms with Crippen LogP contribution in [0.15, 0.2) is 18.2 Å². The number of carbonyl (C=O) groups is 2. The van der Waals surface area contributed by atoms with E-state index in [1.165, 1.54) is 9.80 Å². The number of piperazine rings is 1. The fraction of sp³-hybridized carbons (Fsp3) is 0.308. The van der Waals surface area contributed by atoms with Crippen LogP contribution in [0.5, 0.6) is 0 Å². The van der Waals surface area contributed by atoms with Crippen LogP contribution in [0, 0.1) is 18.3 Å². The van der Waals surface area contributed by atoms with Gasteiger partial charge in [-0.05, 0) is 24.6 Å². The summed E-state index contributed by atoms with van der Waals surface area (Å²) < 4.78 is 0. The molecule has 0 aromatic heterocycles. The molecule has 6 heteroatoms. The highest BCUT2D eigenvalue weighted by Gasteiger charge is 2.33. The first-order valence-corrected chi connectivity index (χ1v) is 6.16. The van der Waals surface area contributed by atoms with E-state index < -0.39 is 11.8 Å². The summed E-state index contributed by atoms with van der Waals surface area (Å²) in [5.41, 5.74) is 1.51. The van der Waals surface area contributed by atoms with Gasteiger partial charge in [-0.25, -0.2) is 0 Å². The van der Waals surface area contributed by atoms with Gasteiger partial charge in [0.15, 0.2) is 0 Å². The predicted octanol–water partition coefficient (Wildman–Crippen LogP) is 1.35. The summed E-state index contributed by atoms with van der Waals surface area (Å²) in [7, 11) is 0. The van der Waals surface area contributed by atoms with Crippen LogP contribution in [0.25, 0.3) is 0 Å². The van der Waals surface area contributed by atoms with Crippen LogP contribution in [0.4, 0.5) is 5.69 Å². The maximum absolute atomic E-state index is 12.0. The molecule has 98 valence electrons. The molecule has 1 aromatic rings. The lowest BCUT2D eigenvalue weighted by Crippen LogP contribution is -2.54. The molecule has 1 aromatic carbocycles. The van der Waals surface area contributed by atoms with Crippen molar-refractivity contribution in [1.82, 2.24) is 4.90 Å². The first-order valence-electron chi connectivity index (χ1n) is 5.78. The van der Waals surface area contributed by atoms with Crippen molar-refractivity contribution in [2.24, 2.45) is 0 Å². The molecule has 0 atom stereocenters. The molecule has 1 aliphatic heterocycles. The van der Waals surface area contributed by atoms with Gasteiger partial charge in [0.25, 0.3) is 0 Å². The lowest BCUT2D eigenvalue weighted by molar-refractivity contribution is -0.145. The Morgan fingerprint density at radius 2 is 2.05 bits per heavy atom. The summed E-state index contributed by atoms with van der Waals surface area (Å²) in [5.74, 6) is -1.27. The quantitative estimate of drug-likeness (QED) is 0.605. The SMILES string of the molecule is Cc1ccc(N2CCN(CC#N)C(=O)C2=O)cc1Cl. The summed E-state index contributed by atoms with van der Waals surface area (Å²) in [6.07, 6.45) is 0. The van der Waals surface area contributed by atoms with E-state index in [0.717, 1.165) is 5.56 Å². The molecule has 1 saturated heterocycles. The molecule has 2 rings (SSSR count). The number of nitriles is 1. The Labute approximate surface area is 116 Å². The van der Waals surface area contributed by atoms with Crippen molar-refractivity contribution in [1.29, 1.82) is 5.26 Å². The van der Waals surface area contributed by atoms with Crippen molar-refractivity contribution in [3.8, 4) is 6.07 Å². The Balaban J connectivity index is 2.23. The molecule has 0 radical (unpaired) electrons. The molecule has 0 bridgehead atoms. The summed E-state index contributed by atoms with van der Waals surface area (Å²) in [6.45, 7) is 2.52. The smallest absolute Gasteiger partial charge is 0.316 e. The normalized spacial score (nSPS) is 15.6. The van der Waals surface area contributed by atoms with Crippen LogP contribution in [0.1, 0.15) is 5.56 Å².